The maximum Gasteiger partial charge on any atom is 0.472 e. The molecule has 0 saturated carbocycles. The van der Waals surface area contributed by atoms with E-state index in [0.29, 0.717) is 17.4 Å². The van der Waals surface area contributed by atoms with Crippen LogP contribution in [0.3, 0.4) is 0 Å². The van der Waals surface area contributed by atoms with E-state index in [0.717, 1.165) is 103 Å². The van der Waals surface area contributed by atoms with Crippen molar-refractivity contribution in [2.24, 2.45) is 0 Å². The molecule has 1 N–H and O–H groups in total. The molecule has 0 aliphatic heterocycles. The van der Waals surface area contributed by atoms with Crippen LogP contribution in [-0.2, 0) is 32.7 Å². The highest BCUT2D eigenvalue weighted by molar-refractivity contribution is 7.47. The first-order valence-corrected chi connectivity index (χ1v) is 38.1. The molecule has 0 radical (unpaired) electrons. The van der Waals surface area contributed by atoms with E-state index in [4.69, 9.17) is 18.5 Å². The summed E-state index contributed by atoms with van der Waals surface area (Å²) in [7, 11) is 1.47. The minimum Gasteiger partial charge on any atom is -0.462 e. The van der Waals surface area contributed by atoms with Gasteiger partial charge in [-0.25, -0.2) is 4.57 Å². The number of quaternary nitrogens is 1. The summed E-state index contributed by atoms with van der Waals surface area (Å²) in [5.41, 5.74) is 0. The number of nitrogens with zero attached hydrogens (tertiary/aromatic N) is 1. The molecule has 88 heavy (non-hydrogen) atoms. The summed E-state index contributed by atoms with van der Waals surface area (Å²) in [5.74, 6) is -0.803. The molecule has 0 aromatic rings. The highest BCUT2D eigenvalue weighted by Gasteiger charge is 2.27. The molecule has 9 nitrogen and oxygen atoms in total. The largest absolute Gasteiger partial charge is 0.472 e. The van der Waals surface area contributed by atoms with E-state index in [1.807, 2.05) is 21.1 Å². The van der Waals surface area contributed by atoms with Crippen molar-refractivity contribution in [2.45, 2.75) is 328 Å². The summed E-state index contributed by atoms with van der Waals surface area (Å²) in [6.07, 6.45) is 96.3. The Bertz CT molecular complexity index is 1850. The lowest BCUT2D eigenvalue weighted by molar-refractivity contribution is -0.870. The first kappa shape index (κ1) is 84.7. The SMILES string of the molecule is CC/C=C\C/C=C\C/C=C\C/C=C\C/C=C\C/C=C\C/C=C\C/C=C\C/C=C\CCCCCCCCCC(=O)OC(COC(=O)CCCCCCCCCCCCCCCCCCCCCCCCCCCCCCC)COP(=O)(O)OCC[N+](C)(C)C. The van der Waals surface area contributed by atoms with Crippen molar-refractivity contribution in [1.82, 2.24) is 0 Å². The third-order valence-corrected chi connectivity index (χ3v) is 16.8. The maximum atomic E-state index is 12.9. The van der Waals surface area contributed by atoms with Crippen LogP contribution in [0.15, 0.2) is 109 Å². The van der Waals surface area contributed by atoms with Crippen molar-refractivity contribution < 1.29 is 42.1 Å². The van der Waals surface area contributed by atoms with Crippen LogP contribution in [0.1, 0.15) is 322 Å². The Morgan fingerprint density at radius 3 is 0.966 bits per heavy atom. The normalized spacial score (nSPS) is 13.8. The van der Waals surface area contributed by atoms with Gasteiger partial charge in [0, 0.05) is 12.8 Å². The molecule has 0 spiro atoms. The molecule has 0 bridgehead atoms. The van der Waals surface area contributed by atoms with Crippen molar-refractivity contribution >= 4 is 19.8 Å². The van der Waals surface area contributed by atoms with E-state index in [1.54, 1.807) is 0 Å². The van der Waals surface area contributed by atoms with Crippen LogP contribution in [0.25, 0.3) is 0 Å². The van der Waals surface area contributed by atoms with Crippen LogP contribution >= 0.6 is 7.82 Å². The van der Waals surface area contributed by atoms with E-state index in [2.05, 4.69) is 123 Å². The Morgan fingerprint density at radius 2 is 0.648 bits per heavy atom. The first-order chi connectivity index (χ1) is 43.0. The molecule has 0 rings (SSSR count). The number of hydrogen-bond donors (Lipinski definition) is 1. The van der Waals surface area contributed by atoms with E-state index in [9.17, 15) is 19.0 Å². The molecule has 10 heteroatoms. The van der Waals surface area contributed by atoms with E-state index < -0.39 is 26.5 Å². The topological polar surface area (TPSA) is 108 Å². The predicted molar refractivity (Wildman–Crippen MR) is 381 cm³/mol. The van der Waals surface area contributed by atoms with Crippen LogP contribution < -0.4 is 0 Å². The summed E-state index contributed by atoms with van der Waals surface area (Å²) < 4.78 is 34.7. The van der Waals surface area contributed by atoms with Gasteiger partial charge in [-0.05, 0) is 83.5 Å². The van der Waals surface area contributed by atoms with Gasteiger partial charge in [0.1, 0.15) is 19.8 Å². The van der Waals surface area contributed by atoms with Gasteiger partial charge in [0.15, 0.2) is 6.10 Å². The van der Waals surface area contributed by atoms with Gasteiger partial charge in [0.25, 0.3) is 0 Å². The molecule has 0 heterocycles. The zero-order valence-corrected chi connectivity index (χ0v) is 58.8. The lowest BCUT2D eigenvalue weighted by atomic mass is 10.0. The van der Waals surface area contributed by atoms with Crippen molar-refractivity contribution in [3.8, 4) is 0 Å². The van der Waals surface area contributed by atoms with Gasteiger partial charge >= 0.3 is 19.8 Å². The molecule has 0 aliphatic rings. The number of carbonyl (C=O) groups excluding carboxylic acids is 2. The number of rotatable bonds is 67. The smallest absolute Gasteiger partial charge is 0.462 e. The summed E-state index contributed by atoms with van der Waals surface area (Å²) in [4.78, 5) is 35.9. The van der Waals surface area contributed by atoms with E-state index >= 15 is 0 Å². The van der Waals surface area contributed by atoms with Gasteiger partial charge in [0.2, 0.25) is 0 Å². The Balaban J connectivity index is 4.08. The second kappa shape index (κ2) is 68.0. The van der Waals surface area contributed by atoms with Crippen molar-refractivity contribution in [2.75, 3.05) is 47.5 Å². The predicted octanol–water partition coefficient (Wildman–Crippen LogP) is 24.1. The molecule has 0 aromatic carbocycles. The average molecular weight is 1250 g/mol. The highest BCUT2D eigenvalue weighted by Crippen LogP contribution is 2.43. The van der Waals surface area contributed by atoms with Gasteiger partial charge in [-0.1, -0.05) is 335 Å². The zero-order valence-electron chi connectivity index (χ0n) is 57.9. The Hall–Kier alpha value is -3.33. The minimum absolute atomic E-state index is 0.0259. The van der Waals surface area contributed by atoms with Crippen molar-refractivity contribution in [3.05, 3.63) is 109 Å². The van der Waals surface area contributed by atoms with Gasteiger partial charge in [0.05, 0.1) is 27.7 Å². The van der Waals surface area contributed by atoms with Gasteiger partial charge in [-0.3, -0.25) is 18.6 Å². The number of allylic oxidation sites excluding steroid dienone is 18. The molecule has 2 atom stereocenters. The Labute approximate surface area is 544 Å². The van der Waals surface area contributed by atoms with Crippen LogP contribution in [0, 0.1) is 0 Å². The number of unbranched alkanes of at least 4 members (excludes halogenated alkanes) is 35. The van der Waals surface area contributed by atoms with Gasteiger partial charge in [-0.2, -0.15) is 0 Å². The number of hydrogen-bond acceptors (Lipinski definition) is 7. The fraction of sp³-hybridized carbons (Fsp3) is 0.744. The Morgan fingerprint density at radius 1 is 0.364 bits per heavy atom. The second-order valence-electron chi connectivity index (χ2n) is 25.6. The monoisotopic (exact) mass is 1250 g/mol. The summed E-state index contributed by atoms with van der Waals surface area (Å²) in [6.45, 7) is 4.34. The molecule has 0 fully saturated rings. The molecular formula is C78H139NO8P+. The number of phosphoric acid groups is 1. The molecule has 0 amide bonds. The average Bonchev–Trinajstić information content (AvgIpc) is 3.57. The minimum atomic E-state index is -4.40. The maximum absolute atomic E-state index is 12.9. The third kappa shape index (κ3) is 71.7. The molecule has 0 aromatic heterocycles. The lowest BCUT2D eigenvalue weighted by Crippen LogP contribution is -2.37. The zero-order chi connectivity index (χ0) is 64.1. The fourth-order valence-corrected chi connectivity index (χ4v) is 11.0. The summed E-state index contributed by atoms with van der Waals surface area (Å²) >= 11 is 0. The summed E-state index contributed by atoms with van der Waals surface area (Å²) in [5, 5.41) is 0. The van der Waals surface area contributed by atoms with Crippen LogP contribution in [0.5, 0.6) is 0 Å². The quantitative estimate of drug-likeness (QED) is 0.0211. The van der Waals surface area contributed by atoms with E-state index in [1.165, 1.54) is 186 Å². The Kier molecular flexibility index (Phi) is 65.5. The second-order valence-corrected chi connectivity index (χ2v) is 27.1. The molecule has 0 aliphatic carbocycles. The van der Waals surface area contributed by atoms with E-state index in [-0.39, 0.29) is 32.0 Å². The molecule has 0 saturated heterocycles. The van der Waals surface area contributed by atoms with Gasteiger partial charge in [-0.15, -0.1) is 0 Å². The van der Waals surface area contributed by atoms with Crippen molar-refractivity contribution in [1.29, 1.82) is 0 Å². The van der Waals surface area contributed by atoms with Crippen LogP contribution in [0.2, 0.25) is 0 Å². The molecule has 508 valence electrons. The van der Waals surface area contributed by atoms with Crippen LogP contribution in [-0.4, -0.2) is 74.9 Å². The van der Waals surface area contributed by atoms with Crippen molar-refractivity contribution in [3.63, 3.8) is 0 Å². The third-order valence-electron chi connectivity index (χ3n) is 15.8. The molecule has 2 unspecified atom stereocenters. The standard InChI is InChI=1S/C78H138NO8P/c1-6-8-10-12-14-16-18-20-22-24-26-28-30-32-34-36-37-38-39-40-41-43-45-47-49-51-53-55-57-59-61-63-65-67-69-71-78(81)87-76(75-86-88(82,83)85-73-72-79(3,4)5)74-84-77(80)70-68-66-64-62-60-58-56-54-52-50-48-46-44-42-35-33-31-29-27-25-23-21-19-17-15-13-11-9-7-2/h8,10,14,16,20,22,26,28,32,34,37-38,40-41,45,47,51,53,76H,6-7,9,11-13,15,17-19,21,23-25,27,29-31,33,35-36,39,42-44,46,48-50,52,54-75H2,1-5H3/p+1/b10-8-,16-14-,22-20-,28-26-,34-32-,38-37-,41-40-,47-45-,53-51-. The number of likely N-dealkylation sites (N-methyl/N-ethyl adjacent to an activating group) is 1. The number of ether oxygens (including phenoxy) is 2. The fourth-order valence-electron chi connectivity index (χ4n) is 10.2. The lowest BCUT2D eigenvalue weighted by Gasteiger charge is -2.24. The highest BCUT2D eigenvalue weighted by atomic mass is 31.2. The van der Waals surface area contributed by atoms with Gasteiger partial charge < -0.3 is 18.9 Å². The number of esters is 2. The van der Waals surface area contributed by atoms with Crippen LogP contribution in [0.4, 0.5) is 0 Å². The molecular weight excluding hydrogens is 1110 g/mol. The number of phosphoric ester groups is 1. The summed E-state index contributed by atoms with van der Waals surface area (Å²) in [6, 6.07) is 0. The first-order valence-electron chi connectivity index (χ1n) is 36.6. The number of carbonyl (C=O) groups is 2.